The second kappa shape index (κ2) is 7.21. The maximum Gasteiger partial charge on any atom is 0.185 e. The standard InChI is InChI=1S/C14H20N4S/c1-3-6-15-9-13-10-17-14(19-13)18(2)11-12-5-4-7-16-8-12/h4-5,7-8,10,15H,3,6,9,11H2,1-2H3. The molecule has 0 atom stereocenters. The van der Waals surface area contributed by atoms with Crippen LogP contribution < -0.4 is 10.2 Å². The molecule has 0 aromatic carbocycles. The lowest BCUT2D eigenvalue weighted by Crippen LogP contribution is -2.16. The molecule has 2 aromatic rings. The van der Waals surface area contributed by atoms with Gasteiger partial charge in [0.1, 0.15) is 0 Å². The van der Waals surface area contributed by atoms with Crippen LogP contribution >= 0.6 is 11.3 Å². The first-order valence-corrected chi connectivity index (χ1v) is 7.36. The van der Waals surface area contributed by atoms with Crippen molar-refractivity contribution in [2.24, 2.45) is 0 Å². The number of hydrogen-bond acceptors (Lipinski definition) is 5. The Labute approximate surface area is 118 Å². The summed E-state index contributed by atoms with van der Waals surface area (Å²) in [7, 11) is 2.06. The van der Waals surface area contributed by atoms with Crippen LogP contribution in [0.3, 0.4) is 0 Å². The summed E-state index contributed by atoms with van der Waals surface area (Å²) in [6.45, 7) is 4.97. The lowest BCUT2D eigenvalue weighted by Gasteiger charge is -2.15. The zero-order valence-electron chi connectivity index (χ0n) is 11.5. The van der Waals surface area contributed by atoms with Gasteiger partial charge in [0.15, 0.2) is 5.13 Å². The van der Waals surface area contributed by atoms with Gasteiger partial charge in [-0.2, -0.15) is 0 Å². The van der Waals surface area contributed by atoms with Crippen molar-refractivity contribution in [3.63, 3.8) is 0 Å². The first-order chi connectivity index (χ1) is 9.29. The predicted molar refractivity (Wildman–Crippen MR) is 80.5 cm³/mol. The molecule has 19 heavy (non-hydrogen) atoms. The van der Waals surface area contributed by atoms with Crippen molar-refractivity contribution in [2.45, 2.75) is 26.4 Å². The highest BCUT2D eigenvalue weighted by Gasteiger charge is 2.07. The van der Waals surface area contributed by atoms with E-state index in [9.17, 15) is 0 Å². The van der Waals surface area contributed by atoms with Gasteiger partial charge in [0.25, 0.3) is 0 Å². The van der Waals surface area contributed by atoms with Gasteiger partial charge in [0, 0.05) is 43.6 Å². The molecule has 102 valence electrons. The maximum atomic E-state index is 4.48. The van der Waals surface area contributed by atoms with Crippen molar-refractivity contribution in [1.82, 2.24) is 15.3 Å². The smallest absolute Gasteiger partial charge is 0.185 e. The van der Waals surface area contributed by atoms with Crippen molar-refractivity contribution >= 4 is 16.5 Å². The summed E-state index contributed by atoms with van der Waals surface area (Å²) in [5.41, 5.74) is 1.20. The molecule has 0 bridgehead atoms. The first-order valence-electron chi connectivity index (χ1n) is 6.55. The fourth-order valence-electron chi connectivity index (χ4n) is 1.78. The second-order valence-corrected chi connectivity index (χ2v) is 5.60. The van der Waals surface area contributed by atoms with E-state index in [0.29, 0.717) is 0 Å². The quantitative estimate of drug-likeness (QED) is 0.789. The van der Waals surface area contributed by atoms with Crippen LogP contribution in [0, 0.1) is 0 Å². The molecule has 0 unspecified atom stereocenters. The summed E-state index contributed by atoms with van der Waals surface area (Å²) >= 11 is 1.74. The van der Waals surface area contributed by atoms with Crippen molar-refractivity contribution in [3.8, 4) is 0 Å². The first kappa shape index (κ1) is 14.0. The third-order valence-corrected chi connectivity index (χ3v) is 3.85. The van der Waals surface area contributed by atoms with Gasteiger partial charge in [0.2, 0.25) is 0 Å². The van der Waals surface area contributed by atoms with Crippen LogP contribution in [0.25, 0.3) is 0 Å². The SMILES string of the molecule is CCCNCc1cnc(N(C)Cc2cccnc2)s1. The van der Waals surface area contributed by atoms with E-state index >= 15 is 0 Å². The average molecular weight is 276 g/mol. The lowest BCUT2D eigenvalue weighted by molar-refractivity contribution is 0.681. The summed E-state index contributed by atoms with van der Waals surface area (Å²) in [6.07, 6.45) is 6.81. The van der Waals surface area contributed by atoms with Gasteiger partial charge < -0.3 is 10.2 Å². The number of rotatable bonds is 7. The van der Waals surface area contributed by atoms with E-state index in [4.69, 9.17) is 0 Å². The number of thiazole rings is 1. The van der Waals surface area contributed by atoms with Crippen molar-refractivity contribution in [3.05, 3.63) is 41.2 Å². The molecule has 2 aromatic heterocycles. The molecule has 2 rings (SSSR count). The van der Waals surface area contributed by atoms with Gasteiger partial charge in [0.05, 0.1) is 0 Å². The van der Waals surface area contributed by atoms with Gasteiger partial charge in [-0.3, -0.25) is 4.98 Å². The van der Waals surface area contributed by atoms with Crippen LogP contribution in [0.2, 0.25) is 0 Å². The molecular weight excluding hydrogens is 256 g/mol. The summed E-state index contributed by atoms with van der Waals surface area (Å²) in [5, 5.41) is 4.45. The van der Waals surface area contributed by atoms with Crippen LogP contribution in [0.15, 0.2) is 30.7 Å². The molecule has 0 fully saturated rings. The number of pyridine rings is 1. The minimum Gasteiger partial charge on any atom is -0.347 e. The van der Waals surface area contributed by atoms with Gasteiger partial charge in [-0.15, -0.1) is 11.3 Å². The van der Waals surface area contributed by atoms with Crippen molar-refractivity contribution in [1.29, 1.82) is 0 Å². The molecule has 0 saturated heterocycles. The topological polar surface area (TPSA) is 41.1 Å². The van der Waals surface area contributed by atoms with Crippen LogP contribution in [-0.4, -0.2) is 23.6 Å². The Morgan fingerprint density at radius 2 is 2.26 bits per heavy atom. The molecule has 4 nitrogen and oxygen atoms in total. The Balaban J connectivity index is 1.90. The fourth-order valence-corrected chi connectivity index (χ4v) is 2.62. The number of nitrogens with one attached hydrogen (secondary N) is 1. The summed E-state index contributed by atoms with van der Waals surface area (Å²) in [4.78, 5) is 12.0. The van der Waals surface area contributed by atoms with Crippen molar-refractivity contribution < 1.29 is 0 Å². The van der Waals surface area contributed by atoms with Crippen LogP contribution in [-0.2, 0) is 13.1 Å². The van der Waals surface area contributed by atoms with Gasteiger partial charge >= 0.3 is 0 Å². The van der Waals surface area contributed by atoms with E-state index in [2.05, 4.69) is 40.2 Å². The second-order valence-electron chi connectivity index (χ2n) is 4.50. The van der Waals surface area contributed by atoms with E-state index in [0.717, 1.165) is 31.2 Å². The molecule has 1 N–H and O–H groups in total. The molecule has 0 radical (unpaired) electrons. The average Bonchev–Trinajstić information content (AvgIpc) is 2.89. The summed E-state index contributed by atoms with van der Waals surface area (Å²) < 4.78 is 0. The van der Waals surface area contributed by atoms with Gasteiger partial charge in [-0.1, -0.05) is 13.0 Å². The summed E-state index contributed by atoms with van der Waals surface area (Å²) in [6, 6.07) is 4.05. The minimum absolute atomic E-state index is 0.836. The molecule has 5 heteroatoms. The van der Waals surface area contributed by atoms with Crippen LogP contribution in [0.4, 0.5) is 5.13 Å². The normalized spacial score (nSPS) is 10.6. The Kier molecular flexibility index (Phi) is 5.30. The monoisotopic (exact) mass is 276 g/mol. The maximum absolute atomic E-state index is 4.48. The highest BCUT2D eigenvalue weighted by atomic mass is 32.1. The Morgan fingerprint density at radius 3 is 3.00 bits per heavy atom. The largest absolute Gasteiger partial charge is 0.347 e. The number of nitrogens with zero attached hydrogens (tertiary/aromatic N) is 3. The Bertz CT molecular complexity index is 483. The minimum atomic E-state index is 0.836. The number of anilines is 1. The van der Waals surface area contributed by atoms with Gasteiger partial charge in [-0.25, -0.2) is 4.98 Å². The Hall–Kier alpha value is -1.46. The molecule has 2 heterocycles. The number of hydrogen-bond donors (Lipinski definition) is 1. The highest BCUT2D eigenvalue weighted by Crippen LogP contribution is 2.22. The molecule has 0 aliphatic carbocycles. The fraction of sp³-hybridized carbons (Fsp3) is 0.429. The molecule has 0 spiro atoms. The zero-order valence-corrected chi connectivity index (χ0v) is 12.3. The molecule has 0 amide bonds. The lowest BCUT2D eigenvalue weighted by atomic mass is 10.3. The zero-order chi connectivity index (χ0) is 13.5. The third-order valence-electron chi connectivity index (χ3n) is 2.74. The Morgan fingerprint density at radius 1 is 1.37 bits per heavy atom. The highest BCUT2D eigenvalue weighted by molar-refractivity contribution is 7.15. The summed E-state index contributed by atoms with van der Waals surface area (Å²) in [5.74, 6) is 0. The van der Waals surface area contributed by atoms with E-state index in [1.165, 1.54) is 10.4 Å². The van der Waals surface area contributed by atoms with Crippen LogP contribution in [0.1, 0.15) is 23.8 Å². The molecule has 0 saturated carbocycles. The molecular formula is C14H20N4S. The van der Waals surface area contributed by atoms with Crippen LogP contribution in [0.5, 0.6) is 0 Å². The molecule has 0 aliphatic heterocycles. The third kappa shape index (κ3) is 4.29. The predicted octanol–water partition coefficient (Wildman–Crippen LogP) is 2.67. The van der Waals surface area contributed by atoms with Crippen molar-refractivity contribution in [2.75, 3.05) is 18.5 Å². The molecule has 0 aliphatic rings. The number of aromatic nitrogens is 2. The van der Waals surface area contributed by atoms with E-state index in [-0.39, 0.29) is 0 Å². The van der Waals surface area contributed by atoms with E-state index in [1.54, 1.807) is 17.5 Å². The van der Waals surface area contributed by atoms with Gasteiger partial charge in [-0.05, 0) is 24.6 Å². The van der Waals surface area contributed by atoms with E-state index < -0.39 is 0 Å². The van der Waals surface area contributed by atoms with E-state index in [1.807, 2.05) is 18.5 Å².